The quantitative estimate of drug-likeness (QED) is 0.614. The van der Waals surface area contributed by atoms with E-state index < -0.39 is 6.10 Å². The summed E-state index contributed by atoms with van der Waals surface area (Å²) in [6.07, 6.45) is 4.07. The lowest BCUT2D eigenvalue weighted by Gasteiger charge is -2.40. The average Bonchev–Trinajstić information content (AvgIpc) is 2.17. The third-order valence-electron chi connectivity index (χ3n) is 2.80. The van der Waals surface area contributed by atoms with Gasteiger partial charge in [0.25, 0.3) is 0 Å². The summed E-state index contributed by atoms with van der Waals surface area (Å²) in [6, 6.07) is 0. The van der Waals surface area contributed by atoms with Crippen LogP contribution in [0.25, 0.3) is 0 Å². The molecule has 0 aromatic carbocycles. The number of fused-ring (bicyclic) bond motifs is 1. The first-order valence-corrected chi connectivity index (χ1v) is 4.89. The topological polar surface area (TPSA) is 38.7 Å². The van der Waals surface area contributed by atoms with Gasteiger partial charge in [-0.15, -0.1) is 6.58 Å². The Morgan fingerprint density at radius 1 is 1.38 bits per heavy atom. The molecular formula is C10H16O3. The molecule has 0 saturated carbocycles. The van der Waals surface area contributed by atoms with Gasteiger partial charge in [-0.1, -0.05) is 6.08 Å². The molecule has 0 spiro atoms. The lowest BCUT2D eigenvalue weighted by Crippen LogP contribution is -2.49. The molecule has 0 aromatic rings. The normalized spacial score (nSPS) is 45.3. The minimum absolute atomic E-state index is 0.0972. The predicted octanol–water partition coefficient (Wildman–Crippen LogP) is 0.870. The first-order valence-electron chi connectivity index (χ1n) is 4.89. The number of aliphatic hydroxyl groups excluding tert-OH is 1. The fraction of sp³-hybridized carbons (Fsp3) is 0.800. The molecule has 0 aromatic heterocycles. The van der Waals surface area contributed by atoms with E-state index in [9.17, 15) is 5.11 Å². The van der Waals surface area contributed by atoms with E-state index in [0.29, 0.717) is 6.42 Å². The predicted molar refractivity (Wildman–Crippen MR) is 48.5 cm³/mol. The van der Waals surface area contributed by atoms with Crippen molar-refractivity contribution in [1.29, 1.82) is 0 Å². The molecule has 3 heteroatoms. The summed E-state index contributed by atoms with van der Waals surface area (Å²) in [5, 5.41) is 9.63. The number of rotatable bonds is 1. The van der Waals surface area contributed by atoms with Crippen LogP contribution in [0.3, 0.4) is 0 Å². The third kappa shape index (κ3) is 1.77. The van der Waals surface area contributed by atoms with Crippen molar-refractivity contribution < 1.29 is 14.6 Å². The Morgan fingerprint density at radius 2 is 2.23 bits per heavy atom. The van der Waals surface area contributed by atoms with Crippen LogP contribution in [0, 0.1) is 0 Å². The van der Waals surface area contributed by atoms with Gasteiger partial charge in [-0.3, -0.25) is 0 Å². The highest BCUT2D eigenvalue weighted by Gasteiger charge is 2.37. The van der Waals surface area contributed by atoms with Gasteiger partial charge < -0.3 is 14.6 Å². The van der Waals surface area contributed by atoms with Crippen LogP contribution in [0.15, 0.2) is 12.7 Å². The molecule has 1 N–H and O–H groups in total. The molecule has 0 unspecified atom stereocenters. The highest BCUT2D eigenvalue weighted by Crippen LogP contribution is 2.29. The van der Waals surface area contributed by atoms with Crippen LogP contribution in [0.5, 0.6) is 0 Å². The Kier molecular flexibility index (Phi) is 2.67. The van der Waals surface area contributed by atoms with Crippen molar-refractivity contribution in [3.63, 3.8) is 0 Å². The van der Waals surface area contributed by atoms with Gasteiger partial charge >= 0.3 is 0 Å². The first-order chi connectivity index (χ1) is 6.31. The van der Waals surface area contributed by atoms with Crippen LogP contribution in [0.4, 0.5) is 0 Å². The molecule has 0 bridgehead atoms. The van der Waals surface area contributed by atoms with Crippen LogP contribution < -0.4 is 0 Å². The lowest BCUT2D eigenvalue weighted by molar-refractivity contribution is -0.188. The molecular weight excluding hydrogens is 168 g/mol. The Morgan fingerprint density at radius 3 is 3.00 bits per heavy atom. The van der Waals surface area contributed by atoms with Gasteiger partial charge in [0.05, 0.1) is 18.3 Å². The van der Waals surface area contributed by atoms with E-state index in [0.717, 1.165) is 19.4 Å². The maximum Gasteiger partial charge on any atom is 0.102 e. The van der Waals surface area contributed by atoms with Gasteiger partial charge in [0, 0.05) is 13.0 Å². The first kappa shape index (κ1) is 9.19. The van der Waals surface area contributed by atoms with Crippen LogP contribution in [-0.4, -0.2) is 36.1 Å². The van der Waals surface area contributed by atoms with Gasteiger partial charge in [0.1, 0.15) is 6.10 Å². The molecule has 0 radical (unpaired) electrons. The van der Waals surface area contributed by atoms with Gasteiger partial charge in [0.2, 0.25) is 0 Å². The zero-order valence-corrected chi connectivity index (χ0v) is 7.69. The maximum atomic E-state index is 9.63. The van der Waals surface area contributed by atoms with Gasteiger partial charge in [-0.2, -0.15) is 0 Å². The number of hydrogen-bond acceptors (Lipinski definition) is 3. The van der Waals surface area contributed by atoms with Crippen molar-refractivity contribution in [2.24, 2.45) is 0 Å². The Bertz CT molecular complexity index is 193. The summed E-state index contributed by atoms with van der Waals surface area (Å²) in [4.78, 5) is 0. The molecule has 4 atom stereocenters. The summed E-state index contributed by atoms with van der Waals surface area (Å²) in [6.45, 7) is 4.45. The maximum absolute atomic E-state index is 9.63. The van der Waals surface area contributed by atoms with Crippen LogP contribution in [0.1, 0.15) is 19.3 Å². The smallest absolute Gasteiger partial charge is 0.102 e. The van der Waals surface area contributed by atoms with E-state index in [2.05, 4.69) is 6.58 Å². The van der Waals surface area contributed by atoms with E-state index in [1.54, 1.807) is 6.08 Å². The molecule has 74 valence electrons. The highest BCUT2D eigenvalue weighted by molar-refractivity contribution is 4.95. The second-order valence-electron chi connectivity index (χ2n) is 3.73. The molecule has 3 nitrogen and oxygen atoms in total. The van der Waals surface area contributed by atoms with E-state index in [4.69, 9.17) is 9.47 Å². The largest absolute Gasteiger partial charge is 0.390 e. The standard InChI is InChI=1S/C10H16O3/c1-2-8-7(11)6-10-9(13-8)4-3-5-12-10/h2,7-11H,1,3-6H2/t7-,8-,9+,10+/m1/s1. The molecule has 2 aliphatic rings. The fourth-order valence-corrected chi connectivity index (χ4v) is 2.07. The molecule has 0 aliphatic carbocycles. The van der Waals surface area contributed by atoms with E-state index in [-0.39, 0.29) is 18.3 Å². The zero-order valence-electron chi connectivity index (χ0n) is 7.69. The third-order valence-corrected chi connectivity index (χ3v) is 2.80. The SMILES string of the molecule is C=C[C@H]1O[C@H]2CCCO[C@H]2C[C@H]1O. The summed E-state index contributed by atoms with van der Waals surface area (Å²) in [7, 11) is 0. The number of aliphatic hydroxyl groups is 1. The van der Waals surface area contributed by atoms with E-state index in [1.807, 2.05) is 0 Å². The summed E-state index contributed by atoms with van der Waals surface area (Å²) in [5.41, 5.74) is 0. The Labute approximate surface area is 78.3 Å². The molecule has 2 saturated heterocycles. The van der Waals surface area contributed by atoms with Crippen molar-refractivity contribution in [3.05, 3.63) is 12.7 Å². The van der Waals surface area contributed by atoms with Crippen LogP contribution in [0.2, 0.25) is 0 Å². The second-order valence-corrected chi connectivity index (χ2v) is 3.73. The molecule has 0 amide bonds. The summed E-state index contributed by atoms with van der Waals surface area (Å²) in [5.74, 6) is 0. The summed E-state index contributed by atoms with van der Waals surface area (Å²) < 4.78 is 11.2. The van der Waals surface area contributed by atoms with E-state index >= 15 is 0 Å². The highest BCUT2D eigenvalue weighted by atomic mass is 16.6. The van der Waals surface area contributed by atoms with Gasteiger partial charge in [-0.05, 0) is 12.8 Å². The fourth-order valence-electron chi connectivity index (χ4n) is 2.07. The van der Waals surface area contributed by atoms with Gasteiger partial charge in [0.15, 0.2) is 0 Å². The van der Waals surface area contributed by atoms with Crippen molar-refractivity contribution in [2.45, 2.75) is 43.7 Å². The molecule has 2 heterocycles. The minimum Gasteiger partial charge on any atom is -0.390 e. The average molecular weight is 184 g/mol. The van der Waals surface area contributed by atoms with Gasteiger partial charge in [-0.25, -0.2) is 0 Å². The number of ether oxygens (including phenoxy) is 2. The molecule has 2 fully saturated rings. The van der Waals surface area contributed by atoms with Crippen molar-refractivity contribution in [2.75, 3.05) is 6.61 Å². The van der Waals surface area contributed by atoms with E-state index in [1.165, 1.54) is 0 Å². The zero-order chi connectivity index (χ0) is 9.26. The van der Waals surface area contributed by atoms with Crippen LogP contribution in [-0.2, 0) is 9.47 Å². The Balaban J connectivity index is 2.00. The monoisotopic (exact) mass is 184 g/mol. The molecule has 2 rings (SSSR count). The Hall–Kier alpha value is -0.380. The van der Waals surface area contributed by atoms with Crippen molar-refractivity contribution in [1.82, 2.24) is 0 Å². The second kappa shape index (κ2) is 3.78. The number of hydrogen-bond donors (Lipinski definition) is 1. The molecule has 13 heavy (non-hydrogen) atoms. The lowest BCUT2D eigenvalue weighted by atomic mass is 9.94. The van der Waals surface area contributed by atoms with Crippen molar-refractivity contribution in [3.8, 4) is 0 Å². The van der Waals surface area contributed by atoms with Crippen LogP contribution >= 0.6 is 0 Å². The van der Waals surface area contributed by atoms with Crippen molar-refractivity contribution >= 4 is 0 Å². The minimum atomic E-state index is -0.447. The molecule has 2 aliphatic heterocycles. The summed E-state index contributed by atoms with van der Waals surface area (Å²) >= 11 is 0.